The quantitative estimate of drug-likeness (QED) is 0.294. The van der Waals surface area contributed by atoms with Gasteiger partial charge in [0.2, 0.25) is 5.91 Å². The highest BCUT2D eigenvalue weighted by atomic mass is 19.1. The Kier molecular flexibility index (Phi) is 11.2. The number of nitro groups is 1. The first-order valence-electron chi connectivity index (χ1n) is 10.4. The zero-order chi connectivity index (χ0) is 25.2. The summed E-state index contributed by atoms with van der Waals surface area (Å²) in [5, 5.41) is 14.0. The van der Waals surface area contributed by atoms with Gasteiger partial charge in [0, 0.05) is 24.4 Å². The number of hydrogen-bond acceptors (Lipinski definition) is 6. The number of nitrogens with one attached hydrogen (secondary N) is 1. The van der Waals surface area contributed by atoms with Crippen LogP contribution in [0.2, 0.25) is 0 Å². The molecule has 2 heterocycles. The third-order valence-electron chi connectivity index (χ3n) is 4.57. The Morgan fingerprint density at radius 2 is 1.88 bits per heavy atom. The topological polar surface area (TPSA) is 115 Å². The van der Waals surface area contributed by atoms with Crippen LogP contribution >= 0.6 is 0 Å². The van der Waals surface area contributed by atoms with E-state index < -0.39 is 28.6 Å². The van der Waals surface area contributed by atoms with E-state index in [0.717, 1.165) is 10.6 Å². The van der Waals surface area contributed by atoms with Crippen LogP contribution in [0.1, 0.15) is 56.2 Å². The lowest BCUT2D eigenvalue weighted by atomic mass is 9.99. The van der Waals surface area contributed by atoms with E-state index in [1.54, 1.807) is 0 Å². The molecule has 0 bridgehead atoms. The number of hydrogen-bond donors (Lipinski definition) is 1. The van der Waals surface area contributed by atoms with Crippen LogP contribution in [0.15, 0.2) is 29.2 Å². The van der Waals surface area contributed by atoms with Crippen molar-refractivity contribution in [1.82, 2.24) is 14.8 Å². The number of allylic oxidation sites excluding steroid dienone is 1. The van der Waals surface area contributed by atoms with Crippen LogP contribution in [-0.4, -0.2) is 52.4 Å². The molecule has 0 unspecified atom stereocenters. The molecule has 1 aromatic heterocycles. The molecule has 178 valence electrons. The van der Waals surface area contributed by atoms with E-state index in [0.29, 0.717) is 6.29 Å². The van der Waals surface area contributed by atoms with Gasteiger partial charge in [-0.1, -0.05) is 34.3 Å². The second-order valence-corrected chi connectivity index (χ2v) is 6.74. The fourth-order valence-electron chi connectivity index (χ4n) is 3.13. The van der Waals surface area contributed by atoms with Crippen molar-refractivity contribution < 1.29 is 18.9 Å². The minimum atomic E-state index is -1.46. The van der Waals surface area contributed by atoms with Crippen LogP contribution < -0.4 is 10.9 Å². The lowest BCUT2D eigenvalue weighted by molar-refractivity contribution is -0.418. The van der Waals surface area contributed by atoms with Gasteiger partial charge in [0.25, 0.3) is 11.3 Å². The van der Waals surface area contributed by atoms with E-state index >= 15 is 0 Å². The Labute approximate surface area is 187 Å². The van der Waals surface area contributed by atoms with Crippen molar-refractivity contribution in [3.8, 4) is 0 Å². The van der Waals surface area contributed by atoms with E-state index in [2.05, 4.69) is 11.9 Å². The molecule has 1 aliphatic heterocycles. The minimum absolute atomic E-state index is 0.0436. The van der Waals surface area contributed by atoms with Crippen molar-refractivity contribution in [3.05, 3.63) is 61.7 Å². The Hall–Kier alpha value is -3.30. The maximum atomic E-state index is 13.7. The zero-order valence-corrected chi connectivity index (χ0v) is 19.8. The molecular weight excluding hydrogens is 419 g/mol. The number of amides is 1. The summed E-state index contributed by atoms with van der Waals surface area (Å²) in [5.74, 6) is -0.484. The predicted molar refractivity (Wildman–Crippen MR) is 123 cm³/mol. The fourth-order valence-corrected chi connectivity index (χ4v) is 3.13. The summed E-state index contributed by atoms with van der Waals surface area (Å²) < 4.78 is 14.7. The first kappa shape index (κ1) is 28.7. The number of rotatable bonds is 7. The van der Waals surface area contributed by atoms with E-state index in [4.69, 9.17) is 0 Å². The SMILES string of the molecule is C=C/C(=C(/NC)c1cc(C=O)c(=O)n(CC(=O)N2CC(C)(F)C2)c1C)[N+](=O)[O-].CC.CC. The van der Waals surface area contributed by atoms with Gasteiger partial charge in [0.15, 0.2) is 6.29 Å². The Morgan fingerprint density at radius 3 is 2.25 bits per heavy atom. The Morgan fingerprint density at radius 1 is 1.34 bits per heavy atom. The summed E-state index contributed by atoms with van der Waals surface area (Å²) in [7, 11) is 1.45. The molecule has 0 radical (unpaired) electrons. The molecule has 0 saturated carbocycles. The Balaban J connectivity index is 0.00000227. The van der Waals surface area contributed by atoms with Crippen LogP contribution in [0.5, 0.6) is 0 Å². The first-order valence-corrected chi connectivity index (χ1v) is 10.4. The number of alkyl halides is 1. The molecule has 0 aliphatic carbocycles. The van der Waals surface area contributed by atoms with Crippen LogP contribution in [0.25, 0.3) is 5.70 Å². The fraction of sp³-hybridized carbons (Fsp3) is 0.500. The average Bonchev–Trinajstić information content (AvgIpc) is 2.76. The highest BCUT2D eigenvalue weighted by Crippen LogP contribution is 2.25. The minimum Gasteiger partial charge on any atom is -0.382 e. The molecule has 10 heteroatoms. The lowest BCUT2D eigenvalue weighted by Crippen LogP contribution is -2.60. The molecule has 0 spiro atoms. The molecule has 9 nitrogen and oxygen atoms in total. The van der Waals surface area contributed by atoms with E-state index in [-0.39, 0.29) is 41.3 Å². The summed E-state index contributed by atoms with van der Waals surface area (Å²) in [5.41, 5.74) is -2.27. The zero-order valence-electron chi connectivity index (χ0n) is 19.8. The Bertz CT molecular complexity index is 942. The van der Waals surface area contributed by atoms with Crippen molar-refractivity contribution in [1.29, 1.82) is 0 Å². The summed E-state index contributed by atoms with van der Waals surface area (Å²) in [6.07, 6.45) is 1.36. The number of aromatic nitrogens is 1. The van der Waals surface area contributed by atoms with Crippen molar-refractivity contribution in [2.45, 2.75) is 53.8 Å². The smallest absolute Gasteiger partial charge is 0.292 e. The molecule has 1 aromatic rings. The molecule has 1 saturated heterocycles. The summed E-state index contributed by atoms with van der Waals surface area (Å²) in [4.78, 5) is 48.2. The van der Waals surface area contributed by atoms with Gasteiger partial charge in [-0.2, -0.15) is 0 Å². The number of likely N-dealkylation sites (tertiary alicyclic amines) is 1. The van der Waals surface area contributed by atoms with Crippen LogP contribution in [-0.2, 0) is 11.3 Å². The number of halogens is 1. The van der Waals surface area contributed by atoms with Crippen molar-refractivity contribution in [2.24, 2.45) is 0 Å². The van der Waals surface area contributed by atoms with Gasteiger partial charge in [0.1, 0.15) is 17.9 Å². The largest absolute Gasteiger partial charge is 0.382 e. The third kappa shape index (κ3) is 6.35. The lowest BCUT2D eigenvalue weighted by Gasteiger charge is -2.42. The molecule has 32 heavy (non-hydrogen) atoms. The maximum absolute atomic E-state index is 13.7. The molecular formula is C22H33FN4O5. The predicted octanol–water partition coefficient (Wildman–Crippen LogP) is 2.94. The first-order chi connectivity index (χ1) is 15.1. The summed E-state index contributed by atoms with van der Waals surface area (Å²) in [6.45, 7) is 13.7. The van der Waals surface area contributed by atoms with Gasteiger partial charge >= 0.3 is 0 Å². The standard InChI is InChI=1S/C18H21FN4O5.2C2H6/c1-5-14(23(27)28)16(20-4)13-6-12(8-24)17(26)22(11(13)2)7-15(25)21-9-18(3,19)10-21;2*1-2/h5-6,8,20H,1,7,9-10H2,2-4H3;2*1-2H3/b16-14-;;. The molecule has 0 aromatic carbocycles. The van der Waals surface area contributed by atoms with E-state index in [1.165, 1.54) is 31.9 Å². The maximum Gasteiger partial charge on any atom is 0.292 e. The van der Waals surface area contributed by atoms with Crippen LogP contribution in [0, 0.1) is 17.0 Å². The van der Waals surface area contributed by atoms with Gasteiger partial charge in [-0.05, 0) is 19.9 Å². The number of nitrogens with zero attached hydrogens (tertiary/aromatic N) is 3. The van der Waals surface area contributed by atoms with Crippen LogP contribution in [0.3, 0.4) is 0 Å². The summed E-state index contributed by atoms with van der Waals surface area (Å²) >= 11 is 0. The van der Waals surface area contributed by atoms with Gasteiger partial charge in [-0.15, -0.1) is 0 Å². The van der Waals surface area contributed by atoms with Crippen molar-refractivity contribution in [3.63, 3.8) is 0 Å². The van der Waals surface area contributed by atoms with E-state index in [9.17, 15) is 28.9 Å². The third-order valence-corrected chi connectivity index (χ3v) is 4.57. The van der Waals surface area contributed by atoms with Gasteiger partial charge in [-0.3, -0.25) is 24.5 Å². The molecule has 2 rings (SSSR count). The number of pyridine rings is 1. The molecule has 1 N–H and O–H groups in total. The number of aldehydes is 1. The second kappa shape index (κ2) is 12.5. The molecule has 1 aliphatic rings. The molecule has 1 amide bonds. The monoisotopic (exact) mass is 452 g/mol. The molecule has 0 atom stereocenters. The average molecular weight is 453 g/mol. The normalized spacial score (nSPS) is 14.3. The van der Waals surface area contributed by atoms with Crippen molar-refractivity contribution in [2.75, 3.05) is 20.1 Å². The van der Waals surface area contributed by atoms with Gasteiger partial charge in [-0.25, -0.2) is 4.39 Å². The summed E-state index contributed by atoms with van der Waals surface area (Å²) in [6, 6.07) is 1.23. The number of carbonyl (C=O) groups excluding carboxylic acids is 2. The highest BCUT2D eigenvalue weighted by molar-refractivity contribution is 5.80. The van der Waals surface area contributed by atoms with E-state index in [1.807, 2.05) is 27.7 Å². The van der Waals surface area contributed by atoms with Crippen LogP contribution in [0.4, 0.5) is 4.39 Å². The van der Waals surface area contributed by atoms with Crippen molar-refractivity contribution >= 4 is 17.9 Å². The van der Waals surface area contributed by atoms with Gasteiger partial charge < -0.3 is 14.8 Å². The van der Waals surface area contributed by atoms with Gasteiger partial charge in [0.05, 0.1) is 23.6 Å². The molecule has 1 fully saturated rings. The number of carbonyl (C=O) groups is 2. The second-order valence-electron chi connectivity index (χ2n) is 6.74. The highest BCUT2D eigenvalue weighted by Gasteiger charge is 2.41.